The van der Waals surface area contributed by atoms with Crippen LogP contribution in [0.1, 0.15) is 36.0 Å². The molecule has 2 atom stereocenters. The summed E-state index contributed by atoms with van der Waals surface area (Å²) in [5.41, 5.74) is 6.05. The highest BCUT2D eigenvalue weighted by atomic mass is 19.1. The second kappa shape index (κ2) is 8.75. The van der Waals surface area contributed by atoms with Crippen LogP contribution in [0.15, 0.2) is 76.2 Å². The van der Waals surface area contributed by atoms with E-state index in [1.807, 2.05) is 36.4 Å². The Balaban J connectivity index is 1.36. The zero-order valence-electron chi connectivity index (χ0n) is 20.0. The van der Waals surface area contributed by atoms with Crippen LogP contribution in [0.4, 0.5) is 10.1 Å². The molecule has 0 saturated heterocycles. The molecule has 2 heterocycles. The molecule has 1 aliphatic rings. The molecule has 2 unspecified atom stereocenters. The Morgan fingerprint density at radius 2 is 1.94 bits per heavy atom. The summed E-state index contributed by atoms with van der Waals surface area (Å²) in [6.07, 6.45) is 3.39. The SMILES string of the molecule is Cc1c(-c2ccc(F)cc2)oc2cc3c(cc2c1=O)C(C(C)Nc1ccccc1-c1ncn[nH]1)CC3. The van der Waals surface area contributed by atoms with Crippen LogP contribution in [0, 0.1) is 12.7 Å². The normalized spacial score (nSPS) is 15.7. The van der Waals surface area contributed by atoms with Crippen molar-refractivity contribution in [3.63, 3.8) is 0 Å². The molecule has 1 aliphatic carbocycles. The van der Waals surface area contributed by atoms with Gasteiger partial charge in [-0.3, -0.25) is 9.89 Å². The Hall–Kier alpha value is -4.26. The Bertz CT molecular complexity index is 1620. The molecule has 180 valence electrons. The first-order chi connectivity index (χ1) is 17.5. The maximum absolute atomic E-state index is 13.4. The summed E-state index contributed by atoms with van der Waals surface area (Å²) in [7, 11) is 0. The van der Waals surface area contributed by atoms with Gasteiger partial charge < -0.3 is 9.73 Å². The number of anilines is 1. The van der Waals surface area contributed by atoms with Gasteiger partial charge in [-0.25, -0.2) is 9.37 Å². The third-order valence-electron chi connectivity index (χ3n) is 7.19. The van der Waals surface area contributed by atoms with E-state index >= 15 is 0 Å². The van der Waals surface area contributed by atoms with Crippen molar-refractivity contribution in [3.05, 3.63) is 99.7 Å². The standard InChI is InChI=1S/C29H25FN4O2/c1-16-27(35)24-14-23-19(13-26(24)36-28(16)18-7-10-20(30)11-8-18)9-12-21(23)17(2)33-25-6-4-3-5-22(25)29-31-15-32-34-29/h3-8,10-11,13-15,17,21,33H,9,12H2,1-2H3,(H,31,32,34). The summed E-state index contributed by atoms with van der Waals surface area (Å²) in [5.74, 6) is 1.12. The Kier molecular flexibility index (Phi) is 5.40. The van der Waals surface area contributed by atoms with Crippen LogP contribution in [0.5, 0.6) is 0 Å². The number of aryl methyl sites for hydroxylation is 1. The van der Waals surface area contributed by atoms with Crippen molar-refractivity contribution in [2.45, 2.75) is 38.6 Å². The quantitative estimate of drug-likeness (QED) is 0.312. The Morgan fingerprint density at radius 3 is 2.72 bits per heavy atom. The lowest BCUT2D eigenvalue weighted by molar-refractivity contribution is 0.594. The van der Waals surface area contributed by atoms with Gasteiger partial charge in [0.15, 0.2) is 11.3 Å². The van der Waals surface area contributed by atoms with Crippen LogP contribution in [-0.4, -0.2) is 21.2 Å². The van der Waals surface area contributed by atoms with E-state index in [1.165, 1.54) is 29.6 Å². The van der Waals surface area contributed by atoms with Crippen molar-refractivity contribution in [1.82, 2.24) is 15.2 Å². The van der Waals surface area contributed by atoms with Crippen molar-refractivity contribution in [1.29, 1.82) is 0 Å². The molecule has 5 aromatic rings. The van der Waals surface area contributed by atoms with Gasteiger partial charge in [0.05, 0.1) is 5.39 Å². The smallest absolute Gasteiger partial charge is 0.196 e. The third-order valence-corrected chi connectivity index (χ3v) is 7.19. The van der Waals surface area contributed by atoms with Gasteiger partial charge in [-0.2, -0.15) is 5.10 Å². The third kappa shape index (κ3) is 3.77. The van der Waals surface area contributed by atoms with E-state index in [1.54, 1.807) is 19.1 Å². The molecular weight excluding hydrogens is 455 g/mol. The van der Waals surface area contributed by atoms with Gasteiger partial charge >= 0.3 is 0 Å². The average Bonchev–Trinajstić information content (AvgIpc) is 3.56. The zero-order valence-corrected chi connectivity index (χ0v) is 20.0. The molecule has 0 fully saturated rings. The summed E-state index contributed by atoms with van der Waals surface area (Å²) < 4.78 is 19.6. The topological polar surface area (TPSA) is 83.8 Å². The number of hydrogen-bond donors (Lipinski definition) is 2. The van der Waals surface area contributed by atoms with Crippen molar-refractivity contribution in [2.75, 3.05) is 5.32 Å². The number of nitrogens with zero attached hydrogens (tertiary/aromatic N) is 2. The molecule has 2 aromatic heterocycles. The van der Waals surface area contributed by atoms with Crippen molar-refractivity contribution >= 4 is 16.7 Å². The monoisotopic (exact) mass is 480 g/mol. The van der Waals surface area contributed by atoms with Crippen LogP contribution < -0.4 is 10.7 Å². The Morgan fingerprint density at radius 1 is 1.14 bits per heavy atom. The van der Waals surface area contributed by atoms with Crippen molar-refractivity contribution in [3.8, 4) is 22.7 Å². The lowest BCUT2D eigenvalue weighted by atomic mass is 9.92. The molecule has 6 nitrogen and oxygen atoms in total. The van der Waals surface area contributed by atoms with Gasteiger partial charge in [-0.1, -0.05) is 12.1 Å². The lowest BCUT2D eigenvalue weighted by Gasteiger charge is -2.24. The largest absolute Gasteiger partial charge is 0.456 e. The van der Waals surface area contributed by atoms with E-state index in [-0.39, 0.29) is 23.2 Å². The number of H-pyrrole nitrogens is 1. The number of halogens is 1. The van der Waals surface area contributed by atoms with Crippen molar-refractivity contribution in [2.24, 2.45) is 0 Å². The molecule has 0 saturated carbocycles. The van der Waals surface area contributed by atoms with Crippen molar-refractivity contribution < 1.29 is 8.81 Å². The predicted octanol–water partition coefficient (Wildman–Crippen LogP) is 6.22. The summed E-state index contributed by atoms with van der Waals surface area (Å²) in [6.45, 7) is 3.94. The van der Waals surface area contributed by atoms with Crippen LogP contribution in [0.2, 0.25) is 0 Å². The number of aromatic amines is 1. The molecular formula is C29H25FN4O2. The summed E-state index contributed by atoms with van der Waals surface area (Å²) in [4.78, 5) is 17.7. The van der Waals surface area contributed by atoms with E-state index in [9.17, 15) is 9.18 Å². The maximum Gasteiger partial charge on any atom is 0.196 e. The molecule has 2 N–H and O–H groups in total. The minimum absolute atomic E-state index is 0.0553. The summed E-state index contributed by atoms with van der Waals surface area (Å²) in [5, 5.41) is 11.2. The molecule has 6 rings (SSSR count). The number of hydrogen-bond acceptors (Lipinski definition) is 5. The number of nitrogens with one attached hydrogen (secondary N) is 2. The molecule has 0 aliphatic heterocycles. The van der Waals surface area contributed by atoms with Crippen LogP contribution in [0.3, 0.4) is 0 Å². The van der Waals surface area contributed by atoms with E-state index in [2.05, 4.69) is 27.4 Å². The first kappa shape index (κ1) is 22.2. The average molecular weight is 481 g/mol. The second-order valence-corrected chi connectivity index (χ2v) is 9.40. The highest BCUT2D eigenvalue weighted by Gasteiger charge is 2.29. The predicted molar refractivity (Wildman–Crippen MR) is 139 cm³/mol. The maximum atomic E-state index is 13.4. The first-order valence-electron chi connectivity index (χ1n) is 12.1. The van der Waals surface area contributed by atoms with E-state index in [0.29, 0.717) is 33.7 Å². The van der Waals surface area contributed by atoms with Gasteiger partial charge in [-0.05, 0) is 86.3 Å². The molecule has 0 radical (unpaired) electrons. The molecule has 7 heteroatoms. The van der Waals surface area contributed by atoms with Crippen LogP contribution >= 0.6 is 0 Å². The number of para-hydroxylation sites is 1. The van der Waals surface area contributed by atoms with Crippen LogP contribution in [0.25, 0.3) is 33.7 Å². The minimum atomic E-state index is -0.324. The summed E-state index contributed by atoms with van der Waals surface area (Å²) >= 11 is 0. The molecule has 0 bridgehead atoms. The summed E-state index contributed by atoms with van der Waals surface area (Å²) in [6, 6.07) is 18.2. The lowest BCUT2D eigenvalue weighted by Crippen LogP contribution is -2.23. The van der Waals surface area contributed by atoms with Gasteiger partial charge in [0.1, 0.15) is 23.5 Å². The fourth-order valence-electron chi connectivity index (χ4n) is 5.31. The second-order valence-electron chi connectivity index (χ2n) is 9.40. The van der Waals surface area contributed by atoms with Gasteiger partial charge in [0.2, 0.25) is 0 Å². The van der Waals surface area contributed by atoms with Gasteiger partial charge in [-0.15, -0.1) is 0 Å². The zero-order chi connectivity index (χ0) is 24.8. The van der Waals surface area contributed by atoms with Gasteiger partial charge in [0, 0.05) is 34.3 Å². The van der Waals surface area contributed by atoms with E-state index in [4.69, 9.17) is 4.42 Å². The fraction of sp³-hybridized carbons (Fsp3) is 0.207. The number of aromatic nitrogens is 3. The van der Waals surface area contributed by atoms with E-state index in [0.717, 1.165) is 24.1 Å². The minimum Gasteiger partial charge on any atom is -0.456 e. The number of fused-ring (bicyclic) bond motifs is 2. The highest BCUT2D eigenvalue weighted by Crippen LogP contribution is 2.40. The number of benzene rings is 3. The van der Waals surface area contributed by atoms with Gasteiger partial charge in [0.25, 0.3) is 0 Å². The molecule has 3 aromatic carbocycles. The number of rotatable bonds is 5. The molecule has 0 spiro atoms. The highest BCUT2D eigenvalue weighted by molar-refractivity contribution is 5.82. The fourth-order valence-corrected chi connectivity index (χ4v) is 5.31. The molecule has 0 amide bonds. The first-order valence-corrected chi connectivity index (χ1v) is 12.1. The Labute approximate surface area is 207 Å². The van der Waals surface area contributed by atoms with Crippen LogP contribution in [-0.2, 0) is 6.42 Å². The van der Waals surface area contributed by atoms with E-state index < -0.39 is 0 Å². The molecule has 36 heavy (non-hydrogen) atoms.